The molecule has 1 atom stereocenters. The molecule has 0 saturated heterocycles. The first-order chi connectivity index (χ1) is 6.74. The van der Waals surface area contributed by atoms with Crippen molar-refractivity contribution in [2.24, 2.45) is 0 Å². The maximum Gasteiger partial charge on any atom is 0.126 e. The van der Waals surface area contributed by atoms with Crippen molar-refractivity contribution in [2.45, 2.75) is 3.92 Å². The highest BCUT2D eigenvalue weighted by molar-refractivity contribution is 14.1. The van der Waals surface area contributed by atoms with Gasteiger partial charge in [-0.1, -0.05) is 40.8 Å². The van der Waals surface area contributed by atoms with Crippen molar-refractivity contribution in [3.63, 3.8) is 0 Å². The monoisotopic (exact) mass is 408 g/mol. The van der Waals surface area contributed by atoms with E-state index < -0.39 is 0 Å². The smallest absolute Gasteiger partial charge is 0.126 e. The molecule has 2 rings (SSSR count). The Kier molecular flexibility index (Phi) is 2.97. The number of aromatic nitrogens is 1. The van der Waals surface area contributed by atoms with E-state index in [2.05, 4.69) is 56.2 Å². The number of aromatic amines is 1. The number of nitriles is 1. The highest BCUT2D eigenvalue weighted by Gasteiger charge is 2.15. The summed E-state index contributed by atoms with van der Waals surface area (Å²) in [6, 6.07) is 10.3. The minimum atomic E-state index is -0.0874. The van der Waals surface area contributed by atoms with Crippen LogP contribution in [0.5, 0.6) is 0 Å². The number of nitrogens with one attached hydrogen (secondary N) is 1. The molecule has 0 aliphatic carbocycles. The summed E-state index contributed by atoms with van der Waals surface area (Å²) in [5, 5.41) is 10.1. The van der Waals surface area contributed by atoms with E-state index in [1.54, 1.807) is 0 Å². The van der Waals surface area contributed by atoms with Gasteiger partial charge in [0.05, 0.1) is 9.77 Å². The SMILES string of the molecule is N#CC(I)c1c(I)[nH]c2ccccc12. The summed E-state index contributed by atoms with van der Waals surface area (Å²) in [5.41, 5.74) is 2.20. The summed E-state index contributed by atoms with van der Waals surface area (Å²) in [6.07, 6.45) is 0. The van der Waals surface area contributed by atoms with Crippen LogP contribution in [-0.2, 0) is 0 Å². The minimum absolute atomic E-state index is 0.0874. The van der Waals surface area contributed by atoms with Crippen LogP contribution in [0, 0.1) is 15.0 Å². The van der Waals surface area contributed by atoms with E-state index in [4.69, 9.17) is 5.26 Å². The quantitative estimate of drug-likeness (QED) is 0.567. The molecular formula is C10H6I2N2. The zero-order valence-corrected chi connectivity index (χ0v) is 11.4. The van der Waals surface area contributed by atoms with Crippen molar-refractivity contribution in [1.29, 1.82) is 5.26 Å². The fraction of sp³-hybridized carbons (Fsp3) is 0.100. The van der Waals surface area contributed by atoms with E-state index in [1.165, 1.54) is 0 Å². The fourth-order valence-corrected chi connectivity index (χ4v) is 3.58. The first-order valence-electron chi connectivity index (χ1n) is 4.04. The van der Waals surface area contributed by atoms with Crippen molar-refractivity contribution in [3.05, 3.63) is 33.5 Å². The molecule has 0 fully saturated rings. The second-order valence-corrected chi connectivity index (χ2v) is 5.21. The van der Waals surface area contributed by atoms with Gasteiger partial charge in [-0.2, -0.15) is 5.26 Å². The largest absolute Gasteiger partial charge is 0.350 e. The molecule has 1 aromatic carbocycles. The van der Waals surface area contributed by atoms with Crippen molar-refractivity contribution < 1.29 is 0 Å². The van der Waals surface area contributed by atoms with Gasteiger partial charge in [-0.15, -0.1) is 0 Å². The van der Waals surface area contributed by atoms with Gasteiger partial charge in [0.2, 0.25) is 0 Å². The Bertz CT molecular complexity index is 510. The molecule has 0 spiro atoms. The molecule has 1 N–H and O–H groups in total. The fourth-order valence-electron chi connectivity index (χ4n) is 1.44. The molecule has 0 aliphatic rings. The summed E-state index contributed by atoms with van der Waals surface area (Å²) in [5.74, 6) is 0. The molecule has 0 amide bonds. The molecule has 1 unspecified atom stereocenters. The lowest BCUT2D eigenvalue weighted by Gasteiger charge is -1.99. The van der Waals surface area contributed by atoms with Crippen LogP contribution in [0.1, 0.15) is 9.49 Å². The third-order valence-corrected chi connectivity index (χ3v) is 3.82. The van der Waals surface area contributed by atoms with Crippen LogP contribution in [0.15, 0.2) is 24.3 Å². The Morgan fingerprint density at radius 2 is 2.07 bits per heavy atom. The number of benzene rings is 1. The predicted octanol–water partition coefficient (Wildman–Crippen LogP) is 3.77. The van der Waals surface area contributed by atoms with Gasteiger partial charge in [-0.05, 0) is 28.7 Å². The molecular weight excluding hydrogens is 402 g/mol. The predicted molar refractivity (Wildman–Crippen MR) is 73.4 cm³/mol. The third kappa shape index (κ3) is 1.63. The number of alkyl halides is 1. The van der Waals surface area contributed by atoms with Crippen molar-refractivity contribution in [2.75, 3.05) is 0 Å². The number of hydrogen-bond acceptors (Lipinski definition) is 1. The second kappa shape index (κ2) is 4.06. The van der Waals surface area contributed by atoms with Gasteiger partial charge in [0.25, 0.3) is 0 Å². The normalized spacial score (nSPS) is 12.6. The lowest BCUT2D eigenvalue weighted by Crippen LogP contribution is -1.86. The number of H-pyrrole nitrogens is 1. The van der Waals surface area contributed by atoms with Gasteiger partial charge in [0.15, 0.2) is 0 Å². The first-order valence-corrected chi connectivity index (χ1v) is 6.36. The number of nitrogens with zero attached hydrogens (tertiary/aromatic N) is 1. The van der Waals surface area contributed by atoms with Gasteiger partial charge in [-0.25, -0.2) is 0 Å². The number of hydrogen-bond donors (Lipinski definition) is 1. The molecule has 0 radical (unpaired) electrons. The first kappa shape index (κ1) is 10.2. The molecule has 0 saturated carbocycles. The van der Waals surface area contributed by atoms with E-state index in [1.807, 2.05) is 24.3 Å². The average Bonchev–Trinajstić information content (AvgIpc) is 2.53. The number of rotatable bonds is 1. The van der Waals surface area contributed by atoms with Crippen molar-refractivity contribution in [3.8, 4) is 6.07 Å². The van der Waals surface area contributed by atoms with Crippen LogP contribution in [-0.4, -0.2) is 4.98 Å². The summed E-state index contributed by atoms with van der Waals surface area (Å²) in [6.45, 7) is 0. The summed E-state index contributed by atoms with van der Waals surface area (Å²) in [7, 11) is 0. The highest BCUT2D eigenvalue weighted by atomic mass is 127. The highest BCUT2D eigenvalue weighted by Crippen LogP contribution is 2.33. The van der Waals surface area contributed by atoms with E-state index in [9.17, 15) is 0 Å². The molecule has 0 bridgehead atoms. The van der Waals surface area contributed by atoms with Gasteiger partial charge < -0.3 is 4.98 Å². The Morgan fingerprint density at radius 1 is 1.36 bits per heavy atom. The van der Waals surface area contributed by atoms with Crippen LogP contribution < -0.4 is 0 Å². The van der Waals surface area contributed by atoms with Gasteiger partial charge in [0.1, 0.15) is 3.92 Å². The van der Waals surface area contributed by atoms with Crippen molar-refractivity contribution >= 4 is 56.1 Å². The van der Waals surface area contributed by atoms with Crippen LogP contribution >= 0.6 is 45.2 Å². The molecule has 0 aliphatic heterocycles. The van der Waals surface area contributed by atoms with Gasteiger partial charge in [0, 0.05) is 16.5 Å². The minimum Gasteiger partial charge on any atom is -0.350 e. The van der Waals surface area contributed by atoms with E-state index in [0.717, 1.165) is 20.2 Å². The molecule has 2 nitrogen and oxygen atoms in total. The topological polar surface area (TPSA) is 39.6 Å². The Morgan fingerprint density at radius 3 is 2.79 bits per heavy atom. The summed E-state index contributed by atoms with van der Waals surface area (Å²) >= 11 is 4.40. The third-order valence-electron chi connectivity index (χ3n) is 2.06. The number of fused-ring (bicyclic) bond motifs is 1. The Balaban J connectivity index is 2.75. The van der Waals surface area contributed by atoms with Crippen LogP contribution in [0.4, 0.5) is 0 Å². The van der Waals surface area contributed by atoms with Crippen LogP contribution in [0.2, 0.25) is 0 Å². The molecule has 70 valence electrons. The lowest BCUT2D eigenvalue weighted by molar-refractivity contribution is 1.25. The molecule has 14 heavy (non-hydrogen) atoms. The van der Waals surface area contributed by atoms with E-state index in [-0.39, 0.29) is 3.92 Å². The zero-order valence-electron chi connectivity index (χ0n) is 7.09. The maximum absolute atomic E-state index is 8.92. The average molecular weight is 408 g/mol. The van der Waals surface area contributed by atoms with E-state index in [0.29, 0.717) is 0 Å². The standard InChI is InChI=1S/C10H6I2N2/c11-7(5-13)9-6-3-1-2-4-8(6)14-10(9)12/h1-4,7,14H. The number of halogens is 2. The van der Waals surface area contributed by atoms with Gasteiger partial charge >= 0.3 is 0 Å². The van der Waals surface area contributed by atoms with Crippen LogP contribution in [0.25, 0.3) is 10.9 Å². The van der Waals surface area contributed by atoms with Crippen LogP contribution in [0.3, 0.4) is 0 Å². The Hall–Kier alpha value is -0.290. The Labute approximate surface area is 109 Å². The summed E-state index contributed by atoms with van der Waals surface area (Å²) < 4.78 is 0.973. The van der Waals surface area contributed by atoms with E-state index >= 15 is 0 Å². The molecule has 1 aromatic heterocycles. The second-order valence-electron chi connectivity index (χ2n) is 2.89. The lowest BCUT2D eigenvalue weighted by atomic mass is 10.1. The van der Waals surface area contributed by atoms with Crippen molar-refractivity contribution in [1.82, 2.24) is 4.98 Å². The molecule has 2 aromatic rings. The number of para-hydroxylation sites is 1. The molecule has 4 heteroatoms. The summed E-state index contributed by atoms with van der Waals surface area (Å²) in [4.78, 5) is 3.27. The zero-order chi connectivity index (χ0) is 10.1. The maximum atomic E-state index is 8.92. The van der Waals surface area contributed by atoms with Gasteiger partial charge in [-0.3, -0.25) is 0 Å². The molecule has 1 heterocycles.